The Labute approximate surface area is 103 Å². The summed E-state index contributed by atoms with van der Waals surface area (Å²) in [6.45, 7) is 5.25. The summed E-state index contributed by atoms with van der Waals surface area (Å²) in [5.74, 6) is 1.71. The van der Waals surface area contributed by atoms with E-state index in [-0.39, 0.29) is 11.9 Å². The number of nitrogens with zero attached hydrogens (tertiary/aromatic N) is 1. The Bertz CT molecular complexity index is 235. The Balaban J connectivity index is 2.51. The van der Waals surface area contributed by atoms with Crippen LogP contribution in [0.3, 0.4) is 0 Å². The number of hydrogen-bond donors (Lipinski definition) is 1. The number of carbonyl (C=O) groups is 1. The van der Waals surface area contributed by atoms with Crippen molar-refractivity contribution in [1.82, 2.24) is 4.90 Å². The summed E-state index contributed by atoms with van der Waals surface area (Å²) in [4.78, 5) is 14.1. The largest absolute Gasteiger partial charge is 0.338 e. The van der Waals surface area contributed by atoms with Crippen LogP contribution in [0.15, 0.2) is 0 Å². The molecule has 0 radical (unpaired) electrons. The Hall–Kier alpha value is -0.220. The monoisotopic (exact) mass is 244 g/mol. The van der Waals surface area contributed by atoms with Crippen LogP contribution in [0.4, 0.5) is 0 Å². The van der Waals surface area contributed by atoms with Gasteiger partial charge in [0.2, 0.25) is 5.91 Å². The lowest BCUT2D eigenvalue weighted by atomic mass is 9.91. The lowest BCUT2D eigenvalue weighted by Crippen LogP contribution is -2.52. The van der Waals surface area contributed by atoms with E-state index in [1.807, 2.05) is 11.2 Å². The molecule has 1 rings (SSSR count). The summed E-state index contributed by atoms with van der Waals surface area (Å²) >= 11 is 1.74. The van der Waals surface area contributed by atoms with Crippen molar-refractivity contribution < 1.29 is 4.79 Å². The summed E-state index contributed by atoms with van der Waals surface area (Å²) in [6, 6.07) is 0.0433. The van der Waals surface area contributed by atoms with E-state index in [0.717, 1.165) is 25.1 Å². The second kappa shape index (κ2) is 6.50. The van der Waals surface area contributed by atoms with E-state index < -0.39 is 0 Å². The third kappa shape index (κ3) is 3.39. The molecule has 1 fully saturated rings. The maximum absolute atomic E-state index is 12.2. The van der Waals surface area contributed by atoms with E-state index in [4.69, 9.17) is 5.73 Å². The minimum absolute atomic E-state index is 0.146. The average molecular weight is 244 g/mol. The summed E-state index contributed by atoms with van der Waals surface area (Å²) in [6.07, 6.45) is 5.18. The Kier molecular flexibility index (Phi) is 5.62. The molecular formula is C12H24N2OS. The van der Waals surface area contributed by atoms with Gasteiger partial charge in [0.15, 0.2) is 0 Å². The van der Waals surface area contributed by atoms with Gasteiger partial charge < -0.3 is 10.6 Å². The van der Waals surface area contributed by atoms with Crippen molar-refractivity contribution >= 4 is 17.7 Å². The van der Waals surface area contributed by atoms with E-state index in [1.54, 1.807) is 11.8 Å². The van der Waals surface area contributed by atoms with Crippen LogP contribution in [-0.4, -0.2) is 41.4 Å². The molecule has 1 saturated heterocycles. The molecule has 0 aliphatic carbocycles. The number of piperidine rings is 1. The molecule has 3 atom stereocenters. The van der Waals surface area contributed by atoms with Gasteiger partial charge in [-0.05, 0) is 44.1 Å². The summed E-state index contributed by atoms with van der Waals surface area (Å²) in [5.41, 5.74) is 5.94. The van der Waals surface area contributed by atoms with Crippen molar-refractivity contribution in [3.05, 3.63) is 0 Å². The minimum atomic E-state index is -0.305. The average Bonchev–Trinajstić information content (AvgIpc) is 2.28. The number of hydrogen-bond acceptors (Lipinski definition) is 3. The van der Waals surface area contributed by atoms with Gasteiger partial charge in [0.05, 0.1) is 6.04 Å². The molecule has 94 valence electrons. The van der Waals surface area contributed by atoms with Gasteiger partial charge in [-0.1, -0.05) is 6.92 Å². The Morgan fingerprint density at radius 1 is 1.56 bits per heavy atom. The van der Waals surface area contributed by atoms with Gasteiger partial charge in [0, 0.05) is 12.6 Å². The number of likely N-dealkylation sites (tertiary alicyclic amines) is 1. The molecule has 2 N–H and O–H groups in total. The van der Waals surface area contributed by atoms with Crippen molar-refractivity contribution in [3.8, 4) is 0 Å². The number of carbonyl (C=O) groups excluding carboxylic acids is 1. The van der Waals surface area contributed by atoms with E-state index >= 15 is 0 Å². The second-order valence-electron chi connectivity index (χ2n) is 4.78. The Morgan fingerprint density at radius 3 is 2.88 bits per heavy atom. The second-order valence-corrected chi connectivity index (χ2v) is 5.77. The fourth-order valence-electron chi connectivity index (χ4n) is 2.23. The molecule has 0 saturated carbocycles. The summed E-state index contributed by atoms with van der Waals surface area (Å²) < 4.78 is 0. The van der Waals surface area contributed by atoms with Gasteiger partial charge in [0.25, 0.3) is 0 Å². The fraction of sp³-hybridized carbons (Fsp3) is 0.917. The predicted molar refractivity (Wildman–Crippen MR) is 70.5 cm³/mol. The van der Waals surface area contributed by atoms with Crippen molar-refractivity contribution in [2.45, 2.75) is 45.2 Å². The third-order valence-electron chi connectivity index (χ3n) is 3.61. The maximum atomic E-state index is 12.2. The Morgan fingerprint density at radius 2 is 2.25 bits per heavy atom. The van der Waals surface area contributed by atoms with Crippen molar-refractivity contribution in [1.29, 1.82) is 0 Å². The smallest absolute Gasteiger partial charge is 0.239 e. The number of amides is 1. The minimum Gasteiger partial charge on any atom is -0.338 e. The van der Waals surface area contributed by atoms with Crippen LogP contribution < -0.4 is 5.73 Å². The molecule has 0 aromatic heterocycles. The zero-order valence-electron chi connectivity index (χ0n) is 10.6. The zero-order chi connectivity index (χ0) is 12.1. The lowest BCUT2D eigenvalue weighted by Gasteiger charge is -2.39. The molecule has 1 aliphatic heterocycles. The first-order valence-corrected chi connectivity index (χ1v) is 7.52. The highest BCUT2D eigenvalue weighted by Crippen LogP contribution is 2.23. The molecule has 0 aromatic carbocycles. The molecular weight excluding hydrogens is 220 g/mol. The van der Waals surface area contributed by atoms with E-state index in [0.29, 0.717) is 12.0 Å². The first kappa shape index (κ1) is 13.8. The number of nitrogens with two attached hydrogens (primary N) is 1. The van der Waals surface area contributed by atoms with Gasteiger partial charge in [0.1, 0.15) is 0 Å². The first-order chi connectivity index (χ1) is 7.57. The highest BCUT2D eigenvalue weighted by molar-refractivity contribution is 7.98. The fourth-order valence-corrected chi connectivity index (χ4v) is 2.72. The predicted octanol–water partition coefficient (Wildman–Crippen LogP) is 1.71. The third-order valence-corrected chi connectivity index (χ3v) is 4.25. The van der Waals surface area contributed by atoms with E-state index in [9.17, 15) is 4.79 Å². The van der Waals surface area contributed by atoms with Gasteiger partial charge in [-0.3, -0.25) is 4.79 Å². The molecule has 1 heterocycles. The van der Waals surface area contributed by atoms with Crippen LogP contribution in [-0.2, 0) is 4.79 Å². The van der Waals surface area contributed by atoms with Gasteiger partial charge in [-0.15, -0.1) is 0 Å². The summed E-state index contributed by atoms with van der Waals surface area (Å²) in [7, 11) is 0. The first-order valence-electron chi connectivity index (χ1n) is 6.13. The van der Waals surface area contributed by atoms with Crippen LogP contribution in [0.1, 0.15) is 33.1 Å². The van der Waals surface area contributed by atoms with E-state index in [1.165, 1.54) is 6.42 Å². The summed E-state index contributed by atoms with van der Waals surface area (Å²) in [5, 5.41) is 0. The van der Waals surface area contributed by atoms with Crippen molar-refractivity contribution in [3.63, 3.8) is 0 Å². The maximum Gasteiger partial charge on any atom is 0.239 e. The van der Waals surface area contributed by atoms with Gasteiger partial charge in [-0.2, -0.15) is 11.8 Å². The highest BCUT2D eigenvalue weighted by Gasteiger charge is 2.30. The molecule has 2 unspecified atom stereocenters. The van der Waals surface area contributed by atoms with Crippen LogP contribution >= 0.6 is 11.8 Å². The van der Waals surface area contributed by atoms with Crippen LogP contribution in [0.25, 0.3) is 0 Å². The molecule has 0 spiro atoms. The lowest BCUT2D eigenvalue weighted by molar-refractivity contribution is -0.137. The molecule has 0 bridgehead atoms. The quantitative estimate of drug-likeness (QED) is 0.819. The van der Waals surface area contributed by atoms with Crippen LogP contribution in [0.5, 0.6) is 0 Å². The van der Waals surface area contributed by atoms with Crippen LogP contribution in [0, 0.1) is 5.92 Å². The van der Waals surface area contributed by atoms with Crippen LogP contribution in [0.2, 0.25) is 0 Å². The van der Waals surface area contributed by atoms with Gasteiger partial charge in [-0.25, -0.2) is 0 Å². The molecule has 1 amide bonds. The molecule has 0 aromatic rings. The number of rotatable bonds is 4. The molecule has 4 heteroatoms. The van der Waals surface area contributed by atoms with Crippen molar-refractivity contribution in [2.75, 3.05) is 18.6 Å². The number of thioether (sulfide) groups is 1. The van der Waals surface area contributed by atoms with E-state index in [2.05, 4.69) is 13.8 Å². The molecule has 1 aliphatic rings. The SMILES string of the molecule is CSCC[C@@H](N)C(=O)N1CCCC(C)C1C. The molecule has 16 heavy (non-hydrogen) atoms. The van der Waals surface area contributed by atoms with Crippen molar-refractivity contribution in [2.24, 2.45) is 11.7 Å². The topological polar surface area (TPSA) is 46.3 Å². The zero-order valence-corrected chi connectivity index (χ0v) is 11.4. The standard InChI is InChI=1S/C12H24N2OS/c1-9-5-4-7-14(10(9)2)12(15)11(13)6-8-16-3/h9-11H,4-8,13H2,1-3H3/t9?,10?,11-/m1/s1. The van der Waals surface area contributed by atoms with Gasteiger partial charge >= 0.3 is 0 Å². The highest BCUT2D eigenvalue weighted by atomic mass is 32.2. The molecule has 3 nitrogen and oxygen atoms in total. The normalized spacial score (nSPS) is 27.9.